The van der Waals surface area contributed by atoms with Crippen LogP contribution in [0.2, 0.25) is 0 Å². The third-order valence-electron chi connectivity index (χ3n) is 3.79. The first kappa shape index (κ1) is 19.5. The number of hydrogen-bond donors (Lipinski definition) is 2. The van der Waals surface area contributed by atoms with Crippen molar-refractivity contribution in [2.24, 2.45) is 10.4 Å². The van der Waals surface area contributed by atoms with Gasteiger partial charge >= 0.3 is 0 Å². The van der Waals surface area contributed by atoms with Gasteiger partial charge in [0.1, 0.15) is 0 Å². The van der Waals surface area contributed by atoms with E-state index in [1.54, 1.807) is 21.3 Å². The molecule has 1 aromatic carbocycles. The summed E-state index contributed by atoms with van der Waals surface area (Å²) in [5.74, 6) is 0.767. The second kappa shape index (κ2) is 9.53. The van der Waals surface area contributed by atoms with E-state index in [0.717, 1.165) is 5.96 Å². The van der Waals surface area contributed by atoms with Gasteiger partial charge in [0.05, 0.1) is 12.7 Å². The highest BCUT2D eigenvalue weighted by Crippen LogP contribution is 2.20. The number of hydrogen-bond acceptors (Lipinski definition) is 3. The van der Waals surface area contributed by atoms with Crippen LogP contribution in [0.4, 0.5) is 0 Å². The highest BCUT2D eigenvalue weighted by molar-refractivity contribution is 5.79. The van der Waals surface area contributed by atoms with Crippen LogP contribution in [0.1, 0.15) is 31.9 Å². The molecule has 0 heterocycles. The summed E-state index contributed by atoms with van der Waals surface area (Å²) < 4.78 is 10.8. The minimum atomic E-state index is 0.0751. The second-order valence-electron chi connectivity index (χ2n) is 6.60. The van der Waals surface area contributed by atoms with Crippen molar-refractivity contribution in [2.75, 3.05) is 27.8 Å². The number of benzene rings is 1. The van der Waals surface area contributed by atoms with Gasteiger partial charge in [-0.15, -0.1) is 0 Å². The van der Waals surface area contributed by atoms with E-state index in [1.165, 1.54) is 11.1 Å². The van der Waals surface area contributed by atoms with Crippen molar-refractivity contribution >= 4 is 5.96 Å². The summed E-state index contributed by atoms with van der Waals surface area (Å²) in [5.41, 5.74) is 2.46. The largest absolute Gasteiger partial charge is 0.380 e. The molecule has 0 fully saturated rings. The minimum absolute atomic E-state index is 0.0751. The van der Waals surface area contributed by atoms with Gasteiger partial charge in [0.25, 0.3) is 0 Å². The summed E-state index contributed by atoms with van der Waals surface area (Å²) >= 11 is 0. The first-order chi connectivity index (χ1) is 10.9. The molecule has 23 heavy (non-hydrogen) atoms. The lowest BCUT2D eigenvalue weighted by molar-refractivity contribution is 0.0205. The fraction of sp³-hybridized carbons (Fsp3) is 0.611. The van der Waals surface area contributed by atoms with Gasteiger partial charge in [-0.1, -0.05) is 45.0 Å². The number of guanidine groups is 1. The first-order valence-corrected chi connectivity index (χ1v) is 7.95. The van der Waals surface area contributed by atoms with Crippen LogP contribution < -0.4 is 10.6 Å². The van der Waals surface area contributed by atoms with Gasteiger partial charge in [0, 0.05) is 34.4 Å². The minimum Gasteiger partial charge on any atom is -0.380 e. The molecule has 1 aromatic rings. The summed E-state index contributed by atoms with van der Waals surface area (Å²) in [6.07, 6.45) is 0.113. The van der Waals surface area contributed by atoms with E-state index in [9.17, 15) is 0 Å². The topological polar surface area (TPSA) is 54.9 Å². The molecule has 0 saturated heterocycles. The summed E-state index contributed by atoms with van der Waals surface area (Å²) in [7, 11) is 5.23. The van der Waals surface area contributed by atoms with Crippen molar-refractivity contribution in [3.8, 4) is 0 Å². The van der Waals surface area contributed by atoms with Gasteiger partial charge in [-0.05, 0) is 16.5 Å². The Kier molecular flexibility index (Phi) is 8.06. The molecule has 0 amide bonds. The van der Waals surface area contributed by atoms with Crippen molar-refractivity contribution in [1.29, 1.82) is 0 Å². The monoisotopic (exact) mass is 321 g/mol. The average Bonchev–Trinajstić information content (AvgIpc) is 2.51. The SMILES string of the molecule is CN=C(NCc1ccccc1COC)NCC(OC)C(C)(C)C. The van der Waals surface area contributed by atoms with Gasteiger partial charge in [-0.25, -0.2) is 0 Å². The summed E-state index contributed by atoms with van der Waals surface area (Å²) in [5, 5.41) is 6.67. The van der Waals surface area contributed by atoms with Crippen LogP contribution in [0.3, 0.4) is 0 Å². The van der Waals surface area contributed by atoms with Crippen molar-refractivity contribution in [3.63, 3.8) is 0 Å². The van der Waals surface area contributed by atoms with Crippen LogP contribution in [0.15, 0.2) is 29.3 Å². The third kappa shape index (κ3) is 6.59. The Bertz CT molecular complexity index is 495. The Morgan fingerprint density at radius 1 is 1.13 bits per heavy atom. The number of ether oxygens (including phenoxy) is 2. The molecule has 5 heteroatoms. The third-order valence-corrected chi connectivity index (χ3v) is 3.79. The predicted octanol–water partition coefficient (Wildman–Crippen LogP) is 2.56. The normalized spacial score (nSPS) is 13.7. The van der Waals surface area contributed by atoms with Gasteiger partial charge in [0.2, 0.25) is 0 Å². The van der Waals surface area contributed by atoms with E-state index in [2.05, 4.69) is 48.5 Å². The molecule has 1 unspecified atom stereocenters. The molecule has 1 rings (SSSR count). The molecule has 0 spiro atoms. The molecule has 0 aromatic heterocycles. The Labute approximate surface area is 140 Å². The van der Waals surface area contributed by atoms with Crippen LogP contribution in [-0.4, -0.2) is 39.9 Å². The van der Waals surface area contributed by atoms with Crippen molar-refractivity contribution in [3.05, 3.63) is 35.4 Å². The van der Waals surface area contributed by atoms with Gasteiger partial charge in [0.15, 0.2) is 5.96 Å². The quantitative estimate of drug-likeness (QED) is 0.599. The van der Waals surface area contributed by atoms with Gasteiger partial charge in [-0.2, -0.15) is 0 Å². The van der Waals surface area contributed by atoms with Crippen LogP contribution in [0.25, 0.3) is 0 Å². The smallest absolute Gasteiger partial charge is 0.191 e. The highest BCUT2D eigenvalue weighted by Gasteiger charge is 2.24. The standard InChI is InChI=1S/C18H31N3O2/c1-18(2,3)16(23-6)12-21-17(19-4)20-11-14-9-7-8-10-15(14)13-22-5/h7-10,16H,11-13H2,1-6H3,(H2,19,20,21). The van der Waals surface area contributed by atoms with E-state index in [1.807, 2.05) is 12.1 Å². The van der Waals surface area contributed by atoms with Crippen LogP contribution in [-0.2, 0) is 22.6 Å². The average molecular weight is 321 g/mol. The Hall–Kier alpha value is -1.59. The molecule has 0 aliphatic heterocycles. The summed E-state index contributed by atoms with van der Waals surface area (Å²) in [6, 6.07) is 8.24. The maximum atomic E-state index is 5.56. The summed E-state index contributed by atoms with van der Waals surface area (Å²) in [4.78, 5) is 4.27. The van der Waals surface area contributed by atoms with Crippen molar-refractivity contribution in [1.82, 2.24) is 10.6 Å². The van der Waals surface area contributed by atoms with Crippen LogP contribution in [0, 0.1) is 5.41 Å². The predicted molar refractivity (Wildman–Crippen MR) is 95.6 cm³/mol. The number of nitrogens with zero attached hydrogens (tertiary/aromatic N) is 1. The molecule has 0 bridgehead atoms. The molecule has 2 N–H and O–H groups in total. The summed E-state index contributed by atoms with van der Waals surface area (Å²) in [6.45, 7) is 8.52. The van der Waals surface area contributed by atoms with E-state index in [0.29, 0.717) is 19.7 Å². The van der Waals surface area contributed by atoms with E-state index < -0.39 is 0 Å². The number of methoxy groups -OCH3 is 2. The number of nitrogens with one attached hydrogen (secondary N) is 2. The fourth-order valence-electron chi connectivity index (χ4n) is 2.36. The lowest BCUT2D eigenvalue weighted by Crippen LogP contribution is -2.45. The molecule has 130 valence electrons. The van der Waals surface area contributed by atoms with Crippen molar-refractivity contribution < 1.29 is 9.47 Å². The first-order valence-electron chi connectivity index (χ1n) is 7.95. The number of rotatable bonds is 7. The lowest BCUT2D eigenvalue weighted by atomic mass is 9.89. The van der Waals surface area contributed by atoms with E-state index in [-0.39, 0.29) is 11.5 Å². The fourth-order valence-corrected chi connectivity index (χ4v) is 2.36. The Balaban J connectivity index is 2.58. The lowest BCUT2D eigenvalue weighted by Gasteiger charge is -2.30. The molecule has 0 radical (unpaired) electrons. The zero-order valence-corrected chi connectivity index (χ0v) is 15.3. The van der Waals surface area contributed by atoms with E-state index >= 15 is 0 Å². The van der Waals surface area contributed by atoms with E-state index in [4.69, 9.17) is 9.47 Å². The maximum Gasteiger partial charge on any atom is 0.191 e. The zero-order valence-electron chi connectivity index (χ0n) is 15.3. The number of aliphatic imine (C=N–C) groups is 1. The van der Waals surface area contributed by atoms with Crippen LogP contribution in [0.5, 0.6) is 0 Å². The Morgan fingerprint density at radius 3 is 2.30 bits per heavy atom. The zero-order chi connectivity index (χ0) is 17.3. The van der Waals surface area contributed by atoms with Gasteiger partial charge < -0.3 is 20.1 Å². The van der Waals surface area contributed by atoms with Gasteiger partial charge in [-0.3, -0.25) is 4.99 Å². The molecular weight excluding hydrogens is 290 g/mol. The highest BCUT2D eigenvalue weighted by atomic mass is 16.5. The molecule has 1 atom stereocenters. The molecule has 0 aliphatic rings. The second-order valence-corrected chi connectivity index (χ2v) is 6.60. The molecule has 0 aliphatic carbocycles. The molecule has 0 saturated carbocycles. The Morgan fingerprint density at radius 2 is 1.78 bits per heavy atom. The van der Waals surface area contributed by atoms with Crippen molar-refractivity contribution in [2.45, 2.75) is 40.0 Å². The van der Waals surface area contributed by atoms with Crippen LogP contribution >= 0.6 is 0 Å². The molecule has 5 nitrogen and oxygen atoms in total. The maximum absolute atomic E-state index is 5.56. The molecular formula is C18H31N3O2.